The first kappa shape index (κ1) is 21.9. The number of piperazine rings is 1. The van der Waals surface area contributed by atoms with Gasteiger partial charge >= 0.3 is 0 Å². The number of para-hydroxylation sites is 2. The van der Waals surface area contributed by atoms with E-state index in [4.69, 9.17) is 4.74 Å². The summed E-state index contributed by atoms with van der Waals surface area (Å²) in [6, 6.07) is 13.4. The molecule has 2 amide bonds. The Morgan fingerprint density at radius 1 is 1.13 bits per heavy atom. The molecule has 0 radical (unpaired) electrons. The highest BCUT2D eigenvalue weighted by molar-refractivity contribution is 9.10. The largest absolute Gasteiger partial charge is 0.496 e. The first-order chi connectivity index (χ1) is 14.5. The van der Waals surface area contributed by atoms with Crippen molar-refractivity contribution in [3.05, 3.63) is 58.6 Å². The number of benzene rings is 2. The third-order valence-electron chi connectivity index (χ3n) is 5.04. The van der Waals surface area contributed by atoms with Gasteiger partial charge in [0.2, 0.25) is 11.8 Å². The van der Waals surface area contributed by atoms with Crippen LogP contribution in [0.15, 0.2) is 53.0 Å². The lowest BCUT2D eigenvalue weighted by Crippen LogP contribution is -2.48. The van der Waals surface area contributed by atoms with Crippen molar-refractivity contribution in [2.75, 3.05) is 43.5 Å². The maximum Gasteiger partial charge on any atom is 0.248 e. The summed E-state index contributed by atoms with van der Waals surface area (Å²) in [5.41, 5.74) is 2.53. The monoisotopic (exact) mass is 471 g/mol. The molecule has 7 heteroatoms. The van der Waals surface area contributed by atoms with Crippen LogP contribution in [0.3, 0.4) is 0 Å². The molecule has 3 rings (SSSR count). The zero-order chi connectivity index (χ0) is 21.5. The zero-order valence-electron chi connectivity index (χ0n) is 17.2. The van der Waals surface area contributed by atoms with Gasteiger partial charge in [-0.25, -0.2) is 0 Å². The van der Waals surface area contributed by atoms with Crippen LogP contribution >= 0.6 is 15.9 Å². The van der Waals surface area contributed by atoms with Gasteiger partial charge in [0.25, 0.3) is 0 Å². The maximum absolute atomic E-state index is 12.6. The minimum Gasteiger partial charge on any atom is -0.496 e. The topological polar surface area (TPSA) is 61.9 Å². The fourth-order valence-electron chi connectivity index (χ4n) is 3.45. The number of hydrogen-bond acceptors (Lipinski definition) is 4. The van der Waals surface area contributed by atoms with Gasteiger partial charge in [-0.2, -0.15) is 0 Å². The maximum atomic E-state index is 12.6. The lowest BCUT2D eigenvalue weighted by molar-refractivity contribution is -0.131. The van der Waals surface area contributed by atoms with Gasteiger partial charge in [-0.3, -0.25) is 9.59 Å². The van der Waals surface area contributed by atoms with Crippen LogP contribution in [0.5, 0.6) is 5.75 Å². The predicted octanol–water partition coefficient (Wildman–Crippen LogP) is 4.17. The molecule has 1 saturated heterocycles. The molecule has 158 valence electrons. The summed E-state index contributed by atoms with van der Waals surface area (Å²) in [6.07, 6.45) is 3.76. The van der Waals surface area contributed by atoms with E-state index in [2.05, 4.69) is 26.1 Å². The number of hydrogen-bond donors (Lipinski definition) is 1. The van der Waals surface area contributed by atoms with Crippen molar-refractivity contribution >= 4 is 45.2 Å². The van der Waals surface area contributed by atoms with Crippen molar-refractivity contribution in [1.29, 1.82) is 0 Å². The number of nitrogens with zero attached hydrogens (tertiary/aromatic N) is 2. The molecule has 1 N–H and O–H groups in total. The fourth-order valence-corrected chi connectivity index (χ4v) is 3.83. The molecule has 2 aromatic carbocycles. The summed E-state index contributed by atoms with van der Waals surface area (Å²) in [5, 5.41) is 2.97. The number of carbonyl (C=O) groups is 2. The molecular formula is C23H26BrN3O3. The molecule has 0 bridgehead atoms. The number of methoxy groups -OCH3 is 1. The summed E-state index contributed by atoms with van der Waals surface area (Å²) in [5.74, 6) is 0.663. The quantitative estimate of drug-likeness (QED) is 0.642. The van der Waals surface area contributed by atoms with E-state index in [0.29, 0.717) is 25.3 Å². The highest BCUT2D eigenvalue weighted by Crippen LogP contribution is 2.27. The molecular weight excluding hydrogens is 446 g/mol. The standard InChI is InChI=1S/C23H26BrN3O3/c1-3-23(29)27-14-12-26(13-15-27)20-7-5-4-6-19(20)25-22(28)11-8-17-16-18(24)9-10-21(17)30-2/h4-11,16H,3,12-15H2,1-2H3,(H,25,28)/b11-8+. The lowest BCUT2D eigenvalue weighted by Gasteiger charge is -2.36. The normalized spacial score (nSPS) is 14.1. The molecule has 0 saturated carbocycles. The molecule has 1 aliphatic heterocycles. The summed E-state index contributed by atoms with van der Waals surface area (Å²) in [4.78, 5) is 28.6. The van der Waals surface area contributed by atoms with Gasteiger partial charge in [0.15, 0.2) is 0 Å². The van der Waals surface area contributed by atoms with Gasteiger partial charge in [0.1, 0.15) is 5.75 Å². The molecule has 6 nitrogen and oxygen atoms in total. The molecule has 2 aromatic rings. The number of ether oxygens (including phenoxy) is 1. The van der Waals surface area contributed by atoms with Gasteiger partial charge in [0.05, 0.1) is 18.5 Å². The lowest BCUT2D eigenvalue weighted by atomic mass is 10.2. The molecule has 0 aliphatic carbocycles. The van der Waals surface area contributed by atoms with Gasteiger partial charge in [-0.05, 0) is 36.4 Å². The van der Waals surface area contributed by atoms with E-state index in [9.17, 15) is 9.59 Å². The summed E-state index contributed by atoms with van der Waals surface area (Å²) in [7, 11) is 1.60. The average Bonchev–Trinajstić information content (AvgIpc) is 2.78. The van der Waals surface area contributed by atoms with Crippen molar-refractivity contribution in [3.63, 3.8) is 0 Å². The zero-order valence-corrected chi connectivity index (χ0v) is 18.8. The minimum absolute atomic E-state index is 0.185. The molecule has 0 aromatic heterocycles. The van der Waals surface area contributed by atoms with Crippen LogP contribution in [0.1, 0.15) is 18.9 Å². The molecule has 1 fully saturated rings. The van der Waals surface area contributed by atoms with Crippen molar-refractivity contribution < 1.29 is 14.3 Å². The second kappa shape index (κ2) is 10.3. The third kappa shape index (κ3) is 5.42. The summed E-state index contributed by atoms with van der Waals surface area (Å²) < 4.78 is 6.26. The highest BCUT2D eigenvalue weighted by atomic mass is 79.9. The minimum atomic E-state index is -0.218. The van der Waals surface area contributed by atoms with E-state index in [1.54, 1.807) is 13.2 Å². The Morgan fingerprint density at radius 2 is 1.87 bits per heavy atom. The van der Waals surface area contributed by atoms with Gasteiger partial charge in [0, 0.05) is 48.7 Å². The van der Waals surface area contributed by atoms with Crippen LogP contribution in [-0.4, -0.2) is 50.0 Å². The third-order valence-corrected chi connectivity index (χ3v) is 5.54. The first-order valence-corrected chi connectivity index (χ1v) is 10.8. The van der Waals surface area contributed by atoms with Crippen molar-refractivity contribution in [3.8, 4) is 5.75 Å². The molecule has 30 heavy (non-hydrogen) atoms. The van der Waals surface area contributed by atoms with Crippen LogP contribution < -0.4 is 15.0 Å². The second-order valence-electron chi connectivity index (χ2n) is 6.95. The van der Waals surface area contributed by atoms with E-state index >= 15 is 0 Å². The second-order valence-corrected chi connectivity index (χ2v) is 7.86. The smallest absolute Gasteiger partial charge is 0.248 e. The first-order valence-electron chi connectivity index (χ1n) is 9.96. The number of anilines is 2. The van der Waals surface area contributed by atoms with Gasteiger partial charge < -0.3 is 19.9 Å². The Morgan fingerprint density at radius 3 is 2.57 bits per heavy atom. The predicted molar refractivity (Wildman–Crippen MR) is 124 cm³/mol. The Hall–Kier alpha value is -2.80. The van der Waals surface area contributed by atoms with E-state index in [1.807, 2.05) is 54.3 Å². The molecule has 1 heterocycles. The van der Waals surface area contributed by atoms with Gasteiger partial charge in [-0.15, -0.1) is 0 Å². The number of nitrogens with one attached hydrogen (secondary N) is 1. The number of amides is 2. The fraction of sp³-hybridized carbons (Fsp3) is 0.304. The highest BCUT2D eigenvalue weighted by Gasteiger charge is 2.21. The van der Waals surface area contributed by atoms with E-state index in [-0.39, 0.29) is 11.8 Å². The Kier molecular flexibility index (Phi) is 7.52. The van der Waals surface area contributed by atoms with Crippen molar-refractivity contribution in [2.24, 2.45) is 0 Å². The Bertz CT molecular complexity index is 937. The average molecular weight is 472 g/mol. The van der Waals surface area contributed by atoms with Crippen LogP contribution in [0.4, 0.5) is 11.4 Å². The summed E-state index contributed by atoms with van der Waals surface area (Å²) in [6.45, 7) is 4.75. The van der Waals surface area contributed by atoms with Crippen LogP contribution in [0.25, 0.3) is 6.08 Å². The van der Waals surface area contributed by atoms with E-state index in [1.165, 1.54) is 6.08 Å². The summed E-state index contributed by atoms with van der Waals surface area (Å²) >= 11 is 3.44. The molecule has 0 atom stereocenters. The molecule has 1 aliphatic rings. The Balaban J connectivity index is 1.69. The molecule has 0 spiro atoms. The van der Waals surface area contributed by atoms with E-state index in [0.717, 1.165) is 34.5 Å². The van der Waals surface area contributed by atoms with Crippen LogP contribution in [-0.2, 0) is 9.59 Å². The number of carbonyl (C=O) groups excluding carboxylic acids is 2. The SMILES string of the molecule is CCC(=O)N1CCN(c2ccccc2NC(=O)/C=C/c2cc(Br)ccc2OC)CC1. The van der Waals surface area contributed by atoms with Crippen LogP contribution in [0.2, 0.25) is 0 Å². The van der Waals surface area contributed by atoms with Gasteiger partial charge in [-0.1, -0.05) is 35.0 Å². The van der Waals surface area contributed by atoms with E-state index < -0.39 is 0 Å². The van der Waals surface area contributed by atoms with Crippen LogP contribution in [0, 0.1) is 0 Å². The number of rotatable bonds is 6. The Labute approximate surface area is 185 Å². The number of halogens is 1. The van der Waals surface area contributed by atoms with Crippen molar-refractivity contribution in [1.82, 2.24) is 4.90 Å². The molecule has 0 unspecified atom stereocenters. The van der Waals surface area contributed by atoms with Crippen molar-refractivity contribution in [2.45, 2.75) is 13.3 Å².